The molecule has 0 fully saturated rings. The molecular weight excluding hydrogens is 367 g/mol. The minimum absolute atomic E-state index is 0.126. The van der Waals surface area contributed by atoms with Gasteiger partial charge in [-0.1, -0.05) is 35.9 Å². The van der Waals surface area contributed by atoms with Crippen LogP contribution in [0.25, 0.3) is 0 Å². The smallest absolute Gasteiger partial charge is 0.390 e. The van der Waals surface area contributed by atoms with E-state index in [0.29, 0.717) is 6.54 Å². The Labute approximate surface area is 154 Å². The summed E-state index contributed by atoms with van der Waals surface area (Å²) in [6, 6.07) is 9.04. The lowest BCUT2D eigenvalue weighted by atomic mass is 10.00. The predicted octanol–water partition coefficient (Wildman–Crippen LogP) is 3.58. The number of alkyl halides is 3. The van der Waals surface area contributed by atoms with E-state index in [1.54, 1.807) is 0 Å². The lowest BCUT2D eigenvalue weighted by molar-refractivity contribution is -0.137. The maximum atomic E-state index is 12.6. The zero-order valence-electron chi connectivity index (χ0n) is 13.9. The van der Waals surface area contributed by atoms with E-state index >= 15 is 0 Å². The number of rotatable bonds is 5. The molecule has 2 heterocycles. The molecular formula is C18H19ClF3N3O. The summed E-state index contributed by atoms with van der Waals surface area (Å²) < 4.78 is 37.8. The first-order valence-corrected chi connectivity index (χ1v) is 8.64. The number of nitrogens with one attached hydrogen (secondary N) is 1. The molecule has 1 aromatic carbocycles. The third kappa shape index (κ3) is 4.66. The van der Waals surface area contributed by atoms with Gasteiger partial charge in [-0.05, 0) is 23.6 Å². The highest BCUT2D eigenvalue weighted by Gasteiger charge is 2.31. The van der Waals surface area contributed by atoms with E-state index in [1.807, 2.05) is 12.1 Å². The van der Waals surface area contributed by atoms with Gasteiger partial charge in [0.25, 0.3) is 0 Å². The minimum Gasteiger partial charge on any atom is -0.390 e. The molecule has 0 spiro atoms. The monoisotopic (exact) mass is 385 g/mol. The Hall–Kier alpha value is -1.83. The Balaban J connectivity index is 1.53. The van der Waals surface area contributed by atoms with Crippen LogP contribution < -0.4 is 5.32 Å². The quantitative estimate of drug-likeness (QED) is 0.826. The zero-order chi connectivity index (χ0) is 18.7. The molecule has 3 rings (SSSR count). The summed E-state index contributed by atoms with van der Waals surface area (Å²) in [4.78, 5) is 5.85. The second kappa shape index (κ2) is 7.82. The number of anilines is 1. The molecule has 26 heavy (non-hydrogen) atoms. The Kier molecular flexibility index (Phi) is 5.70. The molecule has 140 valence electrons. The van der Waals surface area contributed by atoms with E-state index in [4.69, 9.17) is 11.6 Å². The van der Waals surface area contributed by atoms with Crippen LogP contribution in [0, 0.1) is 0 Å². The molecule has 0 saturated heterocycles. The second-order valence-electron chi connectivity index (χ2n) is 6.34. The maximum absolute atomic E-state index is 12.6. The number of nitrogens with zero attached hydrogens (tertiary/aromatic N) is 2. The van der Waals surface area contributed by atoms with Crippen molar-refractivity contribution in [1.82, 2.24) is 9.88 Å². The van der Waals surface area contributed by atoms with Gasteiger partial charge in [-0.2, -0.15) is 13.2 Å². The molecule has 2 aromatic rings. The molecule has 4 nitrogen and oxygen atoms in total. The number of hydrogen-bond acceptors (Lipinski definition) is 4. The number of benzene rings is 1. The molecule has 0 aliphatic carbocycles. The standard InChI is InChI=1S/C18H19ClF3N3O/c19-16-7-14(18(20,21)22)8-23-17(16)24-9-15(26)11-25-6-5-12-3-1-2-4-13(12)10-25/h1-4,7-8,15,26H,5-6,9-11H2,(H,23,24). The molecule has 0 saturated carbocycles. The maximum Gasteiger partial charge on any atom is 0.417 e. The van der Waals surface area contributed by atoms with Crippen molar-refractivity contribution in [3.05, 3.63) is 58.2 Å². The molecule has 0 amide bonds. The molecule has 1 aliphatic heterocycles. The molecule has 2 N–H and O–H groups in total. The van der Waals surface area contributed by atoms with Crippen molar-refractivity contribution < 1.29 is 18.3 Å². The summed E-state index contributed by atoms with van der Waals surface area (Å²) in [6.07, 6.45) is -3.52. The zero-order valence-corrected chi connectivity index (χ0v) is 14.7. The van der Waals surface area contributed by atoms with Crippen molar-refractivity contribution in [3.63, 3.8) is 0 Å². The van der Waals surface area contributed by atoms with Crippen molar-refractivity contribution in [2.24, 2.45) is 0 Å². The Morgan fingerprint density at radius 2 is 2.00 bits per heavy atom. The fourth-order valence-corrected chi connectivity index (χ4v) is 3.24. The van der Waals surface area contributed by atoms with Gasteiger partial charge < -0.3 is 10.4 Å². The normalized spacial score (nSPS) is 16.2. The number of halogens is 4. The van der Waals surface area contributed by atoms with E-state index in [-0.39, 0.29) is 17.4 Å². The van der Waals surface area contributed by atoms with Crippen LogP contribution in [0.15, 0.2) is 36.5 Å². The summed E-state index contributed by atoms with van der Waals surface area (Å²) in [5.74, 6) is 0.128. The SMILES string of the molecule is OC(CNc1ncc(C(F)(F)F)cc1Cl)CN1CCc2ccccc2C1. The number of hydrogen-bond donors (Lipinski definition) is 2. The largest absolute Gasteiger partial charge is 0.417 e. The Morgan fingerprint density at radius 3 is 2.69 bits per heavy atom. The number of aliphatic hydroxyl groups excluding tert-OH is 1. The van der Waals surface area contributed by atoms with Crippen molar-refractivity contribution in [2.45, 2.75) is 25.2 Å². The topological polar surface area (TPSA) is 48.4 Å². The molecule has 0 bridgehead atoms. The summed E-state index contributed by atoms with van der Waals surface area (Å²) in [5, 5.41) is 12.9. The number of β-amino-alcohol motifs (C(OH)–C–C–N with tert-alkyl or cyclic N) is 1. The van der Waals surface area contributed by atoms with Gasteiger partial charge in [0.2, 0.25) is 0 Å². The lowest BCUT2D eigenvalue weighted by Gasteiger charge is -2.30. The highest BCUT2D eigenvalue weighted by molar-refractivity contribution is 6.32. The van der Waals surface area contributed by atoms with E-state index < -0.39 is 17.8 Å². The molecule has 0 radical (unpaired) electrons. The Bertz CT molecular complexity index is 770. The van der Waals surface area contributed by atoms with Gasteiger partial charge in [0.1, 0.15) is 5.82 Å². The first-order chi connectivity index (χ1) is 12.3. The number of aliphatic hydroxyl groups is 1. The van der Waals surface area contributed by atoms with E-state index in [1.165, 1.54) is 11.1 Å². The van der Waals surface area contributed by atoms with E-state index in [2.05, 4.69) is 27.3 Å². The van der Waals surface area contributed by atoms with Crippen molar-refractivity contribution in [2.75, 3.05) is 25.0 Å². The van der Waals surface area contributed by atoms with Crippen molar-refractivity contribution >= 4 is 17.4 Å². The summed E-state index contributed by atoms with van der Waals surface area (Å²) in [5.41, 5.74) is 1.68. The van der Waals surface area contributed by atoms with Gasteiger partial charge in [-0.25, -0.2) is 4.98 Å². The van der Waals surface area contributed by atoms with Crippen LogP contribution in [-0.2, 0) is 19.1 Å². The van der Waals surface area contributed by atoms with Gasteiger partial charge in [-0.15, -0.1) is 0 Å². The molecule has 8 heteroatoms. The van der Waals surface area contributed by atoms with Gasteiger partial charge in [0, 0.05) is 32.4 Å². The fourth-order valence-electron chi connectivity index (χ4n) is 3.01. The van der Waals surface area contributed by atoms with Crippen LogP contribution in [-0.4, -0.2) is 40.7 Å². The lowest BCUT2D eigenvalue weighted by Crippen LogP contribution is -2.39. The highest BCUT2D eigenvalue weighted by Crippen LogP contribution is 2.32. The van der Waals surface area contributed by atoms with Crippen LogP contribution in [0.2, 0.25) is 5.02 Å². The second-order valence-corrected chi connectivity index (χ2v) is 6.75. The fraction of sp³-hybridized carbons (Fsp3) is 0.389. The predicted molar refractivity (Wildman–Crippen MR) is 94.2 cm³/mol. The number of pyridine rings is 1. The molecule has 1 unspecified atom stereocenters. The summed E-state index contributed by atoms with van der Waals surface area (Å²) in [6.45, 7) is 2.23. The van der Waals surface area contributed by atoms with E-state index in [0.717, 1.165) is 31.8 Å². The van der Waals surface area contributed by atoms with Crippen molar-refractivity contribution in [3.8, 4) is 0 Å². The minimum atomic E-state index is -4.49. The summed E-state index contributed by atoms with van der Waals surface area (Å²) in [7, 11) is 0. The van der Waals surface area contributed by atoms with Crippen LogP contribution in [0.1, 0.15) is 16.7 Å². The molecule has 1 aromatic heterocycles. The average molecular weight is 386 g/mol. The van der Waals surface area contributed by atoms with Crippen LogP contribution in [0.5, 0.6) is 0 Å². The number of fused-ring (bicyclic) bond motifs is 1. The summed E-state index contributed by atoms with van der Waals surface area (Å²) >= 11 is 5.85. The van der Waals surface area contributed by atoms with Crippen LogP contribution in [0.4, 0.5) is 19.0 Å². The molecule has 1 atom stereocenters. The van der Waals surface area contributed by atoms with Gasteiger partial charge in [0.05, 0.1) is 16.7 Å². The average Bonchev–Trinajstić information content (AvgIpc) is 2.59. The Morgan fingerprint density at radius 1 is 1.27 bits per heavy atom. The van der Waals surface area contributed by atoms with Crippen LogP contribution in [0.3, 0.4) is 0 Å². The van der Waals surface area contributed by atoms with Gasteiger partial charge in [0.15, 0.2) is 0 Å². The third-order valence-electron chi connectivity index (χ3n) is 4.35. The number of aromatic nitrogens is 1. The molecule has 1 aliphatic rings. The van der Waals surface area contributed by atoms with Crippen LogP contribution >= 0.6 is 11.6 Å². The van der Waals surface area contributed by atoms with Gasteiger partial charge >= 0.3 is 6.18 Å². The van der Waals surface area contributed by atoms with Gasteiger partial charge in [-0.3, -0.25) is 4.90 Å². The van der Waals surface area contributed by atoms with Crippen molar-refractivity contribution in [1.29, 1.82) is 0 Å². The first kappa shape index (κ1) is 18.9. The highest BCUT2D eigenvalue weighted by atomic mass is 35.5. The third-order valence-corrected chi connectivity index (χ3v) is 4.64. The first-order valence-electron chi connectivity index (χ1n) is 8.27. The van der Waals surface area contributed by atoms with E-state index in [9.17, 15) is 18.3 Å².